The molecule has 3 nitrogen and oxygen atoms in total. The fourth-order valence-corrected chi connectivity index (χ4v) is 0.189. The lowest BCUT2D eigenvalue weighted by Gasteiger charge is -1.58. The van der Waals surface area contributed by atoms with Gasteiger partial charge in [-0.25, -0.2) is 4.63 Å². The highest BCUT2D eigenvalue weighted by Gasteiger charge is 1.79. The average molecular weight is 86.1 g/mol. The lowest BCUT2D eigenvalue weighted by atomic mass is 10.6. The van der Waals surface area contributed by atoms with Gasteiger partial charge in [-0.3, -0.25) is 0 Å². The van der Waals surface area contributed by atoms with Crippen molar-refractivity contribution in [3.8, 4) is 0 Å². The van der Waals surface area contributed by atoms with Crippen LogP contribution in [-0.2, 0) is 0 Å². The van der Waals surface area contributed by atoms with E-state index in [2.05, 4.69) is 14.9 Å². The molecule has 1 heterocycles. The normalized spacial score (nSPS) is 11.2. The molecule has 0 saturated carbocycles. The second kappa shape index (κ2) is 1.08. The van der Waals surface area contributed by atoms with Crippen molar-refractivity contribution in [3.63, 3.8) is 0 Å². The largest absolute Gasteiger partial charge is 0.244 e. The molecule has 1 aromatic rings. The van der Waals surface area contributed by atoms with Crippen LogP contribution < -0.4 is 0 Å². The van der Waals surface area contributed by atoms with Crippen LogP contribution in [0.4, 0.5) is 0 Å². The molecule has 0 aliphatic carbocycles. The van der Waals surface area contributed by atoms with E-state index in [1.807, 2.05) is 0 Å². The van der Waals surface area contributed by atoms with Crippen molar-refractivity contribution >= 4 is 0 Å². The van der Waals surface area contributed by atoms with Crippen molar-refractivity contribution in [2.75, 3.05) is 0 Å². The summed E-state index contributed by atoms with van der Waals surface area (Å²) in [4.78, 5) is 0. The zero-order valence-corrected chi connectivity index (χ0v) is 3.30. The molecule has 0 aliphatic heterocycles. The Morgan fingerprint density at radius 2 is 3.00 bits per heavy atom. The average Bonchev–Trinajstić information content (AvgIpc) is 1.91. The van der Waals surface area contributed by atoms with Crippen LogP contribution >= 0.6 is 0 Å². The highest BCUT2D eigenvalue weighted by Crippen LogP contribution is 1.81. The topological polar surface area (TPSA) is 38.9 Å². The van der Waals surface area contributed by atoms with E-state index in [1.54, 1.807) is 6.92 Å². The molecule has 0 saturated heterocycles. The van der Waals surface area contributed by atoms with Crippen LogP contribution in [0.3, 0.4) is 0 Å². The Bertz CT molecular complexity index is 145. The molecule has 0 fully saturated rings. The molecule has 0 unspecified atom stereocenters. The van der Waals surface area contributed by atoms with Crippen molar-refractivity contribution in [3.05, 3.63) is 11.9 Å². The van der Waals surface area contributed by atoms with Crippen LogP contribution in [0, 0.1) is 6.92 Å². The van der Waals surface area contributed by atoms with Gasteiger partial charge in [0, 0.05) is 0 Å². The number of nitrogens with zero attached hydrogens (tertiary/aromatic N) is 2. The summed E-state index contributed by atoms with van der Waals surface area (Å²) in [7, 11) is 0. The van der Waals surface area contributed by atoms with Gasteiger partial charge in [0.25, 0.3) is 0 Å². The first-order valence-corrected chi connectivity index (χ1v) is 1.56. The Labute approximate surface area is 36.3 Å². The third-order valence-corrected chi connectivity index (χ3v) is 0.426. The van der Waals surface area contributed by atoms with Crippen LogP contribution in [0.25, 0.3) is 0 Å². The standard InChI is InChI=1S/C3H4N2O/c1-3-2-4-6-5-3/h2H,1H3/i2T. The fraction of sp³-hybridized carbons (Fsp3) is 0.333. The number of aryl methyl sites for hydroxylation is 1. The Kier molecular flexibility index (Phi) is 0.422. The highest BCUT2D eigenvalue weighted by molar-refractivity contribution is 4.81. The lowest BCUT2D eigenvalue weighted by Crippen LogP contribution is -1.59. The van der Waals surface area contributed by atoms with Crippen molar-refractivity contribution < 1.29 is 6.00 Å². The molecular weight excluding hydrogens is 80.0 g/mol. The minimum absolute atomic E-state index is 0.111. The molecule has 1 aromatic heterocycles. The third kappa shape index (κ3) is 0.381. The summed E-state index contributed by atoms with van der Waals surface area (Å²) in [6, 6.07) is 0. The fourth-order valence-electron chi connectivity index (χ4n) is 0.189. The smallest absolute Gasteiger partial charge is 0.102 e. The Morgan fingerprint density at radius 1 is 2.17 bits per heavy atom. The van der Waals surface area contributed by atoms with Crippen molar-refractivity contribution in [2.45, 2.75) is 6.92 Å². The minimum atomic E-state index is 0.111. The van der Waals surface area contributed by atoms with Crippen molar-refractivity contribution in [2.24, 2.45) is 0 Å². The van der Waals surface area contributed by atoms with Gasteiger partial charge in [-0.15, -0.1) is 0 Å². The summed E-state index contributed by atoms with van der Waals surface area (Å²) in [5, 5.41) is 6.54. The first-order chi connectivity index (χ1) is 3.30. The molecule has 0 N–H and O–H groups in total. The Morgan fingerprint density at radius 3 is 3.17 bits per heavy atom. The van der Waals surface area contributed by atoms with E-state index in [0.29, 0.717) is 5.69 Å². The molecule has 0 aliphatic rings. The van der Waals surface area contributed by atoms with Crippen LogP contribution in [0.1, 0.15) is 7.06 Å². The van der Waals surface area contributed by atoms with E-state index in [9.17, 15) is 0 Å². The predicted molar refractivity (Wildman–Crippen MR) is 19.0 cm³/mol. The maximum atomic E-state index is 6.83. The number of hydrogen-bond donors (Lipinski definition) is 0. The summed E-state index contributed by atoms with van der Waals surface area (Å²) in [6.45, 7) is 1.67. The number of rotatable bonds is 0. The Hall–Kier alpha value is -0.860. The second-order valence-electron chi connectivity index (χ2n) is 0.961. The van der Waals surface area contributed by atoms with Gasteiger partial charge in [0.2, 0.25) is 0 Å². The van der Waals surface area contributed by atoms with Gasteiger partial charge < -0.3 is 0 Å². The van der Waals surface area contributed by atoms with Crippen LogP contribution in [0.2, 0.25) is 0 Å². The third-order valence-electron chi connectivity index (χ3n) is 0.426. The maximum absolute atomic E-state index is 6.83. The molecular formula is C3H4N2O. The van der Waals surface area contributed by atoms with Gasteiger partial charge >= 0.3 is 0 Å². The van der Waals surface area contributed by atoms with Crippen molar-refractivity contribution in [1.29, 1.82) is 0 Å². The molecule has 0 bridgehead atoms. The monoisotopic (exact) mass is 86.0 g/mol. The van der Waals surface area contributed by atoms with E-state index >= 15 is 0 Å². The summed E-state index contributed by atoms with van der Waals surface area (Å²) < 4.78 is 11.0. The minimum Gasteiger partial charge on any atom is -0.244 e. The van der Waals surface area contributed by atoms with Crippen LogP contribution in [0.15, 0.2) is 10.8 Å². The molecule has 3 heteroatoms. The van der Waals surface area contributed by atoms with Gasteiger partial charge in [0.05, 0.1) is 7.54 Å². The summed E-state index contributed by atoms with van der Waals surface area (Å²) in [5.74, 6) is 0. The SMILES string of the molecule is [3H]c1nonc1C. The van der Waals surface area contributed by atoms with Gasteiger partial charge in [0.15, 0.2) is 0 Å². The highest BCUT2D eigenvalue weighted by atomic mass is 16.6. The van der Waals surface area contributed by atoms with E-state index in [0.717, 1.165) is 0 Å². The molecule has 0 amide bonds. The van der Waals surface area contributed by atoms with Crippen molar-refractivity contribution in [1.82, 2.24) is 10.3 Å². The molecule has 0 spiro atoms. The lowest BCUT2D eigenvalue weighted by molar-refractivity contribution is 0.304. The molecule has 32 valence electrons. The van der Waals surface area contributed by atoms with Gasteiger partial charge in [0.1, 0.15) is 5.69 Å². The Balaban J connectivity index is 3.12. The van der Waals surface area contributed by atoms with E-state index < -0.39 is 0 Å². The van der Waals surface area contributed by atoms with Crippen LogP contribution in [-0.4, -0.2) is 10.3 Å². The predicted octanol–water partition coefficient (Wildman–Crippen LogP) is 0.378. The van der Waals surface area contributed by atoms with Gasteiger partial charge in [-0.05, 0) is 6.92 Å². The summed E-state index contributed by atoms with van der Waals surface area (Å²) in [6.07, 6.45) is 0.111. The zero-order chi connectivity index (χ0) is 5.28. The zero-order valence-electron chi connectivity index (χ0n) is 4.30. The molecule has 0 aromatic carbocycles. The van der Waals surface area contributed by atoms with Gasteiger partial charge in [-0.1, -0.05) is 10.3 Å². The molecule has 0 atom stereocenters. The maximum Gasteiger partial charge on any atom is 0.102 e. The molecule has 0 radical (unpaired) electrons. The molecule has 6 heavy (non-hydrogen) atoms. The first kappa shape index (κ1) is 2.34. The molecule has 1 rings (SSSR count). The van der Waals surface area contributed by atoms with E-state index in [1.165, 1.54) is 0 Å². The first-order valence-electron chi connectivity index (χ1n) is 2.06. The van der Waals surface area contributed by atoms with E-state index in [-0.39, 0.29) is 6.17 Å². The summed E-state index contributed by atoms with van der Waals surface area (Å²) >= 11 is 0. The van der Waals surface area contributed by atoms with Crippen LogP contribution in [0.5, 0.6) is 0 Å². The number of hydrogen-bond acceptors (Lipinski definition) is 3. The second-order valence-corrected chi connectivity index (χ2v) is 0.961. The van der Waals surface area contributed by atoms with Gasteiger partial charge in [-0.2, -0.15) is 0 Å². The van der Waals surface area contributed by atoms with E-state index in [4.69, 9.17) is 1.37 Å². The number of aromatic nitrogens is 2. The quantitative estimate of drug-likeness (QED) is 0.458. The summed E-state index contributed by atoms with van der Waals surface area (Å²) in [5.41, 5.74) is 0.528.